The fourth-order valence-corrected chi connectivity index (χ4v) is 2.85. The highest BCUT2D eigenvalue weighted by Crippen LogP contribution is 2.37. The van der Waals surface area contributed by atoms with Crippen molar-refractivity contribution >= 4 is 21.9 Å². The van der Waals surface area contributed by atoms with Gasteiger partial charge in [-0.1, -0.05) is 13.8 Å². The summed E-state index contributed by atoms with van der Waals surface area (Å²) in [4.78, 5) is 0. The van der Waals surface area contributed by atoms with Crippen LogP contribution < -0.4 is 9.47 Å². The number of fused-ring (bicyclic) bond motifs is 3. The fraction of sp³-hybridized carbons (Fsp3) is 0.400. The molecule has 1 aromatic heterocycles. The molecule has 0 atom stereocenters. The van der Waals surface area contributed by atoms with E-state index in [4.69, 9.17) is 13.9 Å². The number of hydrogen-bond acceptors (Lipinski definition) is 3. The first kappa shape index (κ1) is 17.5. The van der Waals surface area contributed by atoms with Crippen LogP contribution in [-0.4, -0.2) is 13.2 Å². The standard InChI is InChI=1S/C20H22F2O3/c1-4-23-15-9-7-13-14-8-10-16(24-11-5-6-12(2)3)18(22)20(14)25-19(13)17(15)21/h7-10,12H,4-6,11H2,1-3H3. The van der Waals surface area contributed by atoms with Crippen molar-refractivity contribution in [3.63, 3.8) is 0 Å². The summed E-state index contributed by atoms with van der Waals surface area (Å²) in [5.41, 5.74) is 0.000663. The topological polar surface area (TPSA) is 31.6 Å². The lowest BCUT2D eigenvalue weighted by atomic mass is 10.1. The molecule has 0 aliphatic heterocycles. The van der Waals surface area contributed by atoms with Gasteiger partial charge in [-0.05, 0) is 49.9 Å². The molecule has 0 aliphatic rings. The zero-order valence-electron chi connectivity index (χ0n) is 14.7. The molecule has 0 saturated heterocycles. The van der Waals surface area contributed by atoms with Crippen molar-refractivity contribution in [3.8, 4) is 11.5 Å². The zero-order chi connectivity index (χ0) is 18.0. The van der Waals surface area contributed by atoms with E-state index >= 15 is 0 Å². The molecule has 0 bridgehead atoms. The summed E-state index contributed by atoms with van der Waals surface area (Å²) in [6, 6.07) is 6.47. The van der Waals surface area contributed by atoms with Crippen LogP contribution in [0.1, 0.15) is 33.6 Å². The molecule has 25 heavy (non-hydrogen) atoms. The van der Waals surface area contributed by atoms with Gasteiger partial charge in [0.15, 0.2) is 22.7 Å². The molecule has 134 valence electrons. The SMILES string of the molecule is CCOc1ccc2c(oc3c(F)c(OCCCC(C)C)ccc32)c1F. The number of furan rings is 1. The van der Waals surface area contributed by atoms with Crippen LogP contribution in [0.3, 0.4) is 0 Å². The molecule has 3 aromatic rings. The fourth-order valence-electron chi connectivity index (χ4n) is 2.85. The Labute approximate surface area is 145 Å². The van der Waals surface area contributed by atoms with Gasteiger partial charge in [-0.15, -0.1) is 0 Å². The summed E-state index contributed by atoms with van der Waals surface area (Å²) < 4.78 is 45.4. The Hall–Kier alpha value is -2.30. The van der Waals surface area contributed by atoms with Crippen molar-refractivity contribution in [1.29, 1.82) is 0 Å². The molecule has 0 fully saturated rings. The number of benzene rings is 2. The first-order valence-corrected chi connectivity index (χ1v) is 8.61. The molecule has 0 radical (unpaired) electrons. The van der Waals surface area contributed by atoms with Gasteiger partial charge in [0, 0.05) is 10.8 Å². The predicted molar refractivity (Wildman–Crippen MR) is 94.4 cm³/mol. The van der Waals surface area contributed by atoms with E-state index in [1.54, 1.807) is 25.1 Å². The molecule has 2 aromatic carbocycles. The van der Waals surface area contributed by atoms with E-state index in [0.29, 0.717) is 29.9 Å². The minimum atomic E-state index is -0.616. The second-order valence-electron chi connectivity index (χ2n) is 6.43. The maximum absolute atomic E-state index is 14.7. The lowest BCUT2D eigenvalue weighted by molar-refractivity contribution is 0.284. The van der Waals surface area contributed by atoms with Crippen LogP contribution in [0, 0.1) is 17.6 Å². The van der Waals surface area contributed by atoms with Crippen molar-refractivity contribution < 1.29 is 22.7 Å². The normalized spacial score (nSPS) is 11.6. The molecule has 3 rings (SSSR count). The maximum Gasteiger partial charge on any atom is 0.208 e. The number of halogens is 2. The van der Waals surface area contributed by atoms with Gasteiger partial charge in [-0.25, -0.2) is 0 Å². The van der Waals surface area contributed by atoms with Gasteiger partial charge < -0.3 is 13.9 Å². The summed E-state index contributed by atoms with van der Waals surface area (Å²) in [6.07, 6.45) is 1.86. The van der Waals surface area contributed by atoms with Crippen LogP contribution in [0.4, 0.5) is 8.78 Å². The van der Waals surface area contributed by atoms with Crippen LogP contribution in [0.2, 0.25) is 0 Å². The number of rotatable bonds is 7. The van der Waals surface area contributed by atoms with Crippen LogP contribution in [0.5, 0.6) is 11.5 Å². The zero-order valence-corrected chi connectivity index (χ0v) is 14.7. The van der Waals surface area contributed by atoms with E-state index in [1.807, 2.05) is 0 Å². The molecule has 0 amide bonds. The smallest absolute Gasteiger partial charge is 0.208 e. The van der Waals surface area contributed by atoms with Crippen molar-refractivity contribution in [2.45, 2.75) is 33.6 Å². The molecule has 3 nitrogen and oxygen atoms in total. The second kappa shape index (κ2) is 7.30. The molecule has 1 heterocycles. The maximum atomic E-state index is 14.7. The average molecular weight is 348 g/mol. The summed E-state index contributed by atoms with van der Waals surface area (Å²) in [7, 11) is 0. The lowest BCUT2D eigenvalue weighted by Crippen LogP contribution is -2.01. The molecule has 0 saturated carbocycles. The van der Waals surface area contributed by atoms with Gasteiger partial charge in [0.05, 0.1) is 13.2 Å². The third-order valence-electron chi connectivity index (χ3n) is 4.10. The van der Waals surface area contributed by atoms with Crippen molar-refractivity contribution in [3.05, 3.63) is 35.9 Å². The third kappa shape index (κ3) is 3.41. The van der Waals surface area contributed by atoms with Gasteiger partial charge in [-0.2, -0.15) is 8.78 Å². The lowest BCUT2D eigenvalue weighted by Gasteiger charge is -2.08. The van der Waals surface area contributed by atoms with Crippen LogP contribution in [0.15, 0.2) is 28.7 Å². The van der Waals surface area contributed by atoms with Gasteiger partial charge in [0.2, 0.25) is 11.6 Å². The van der Waals surface area contributed by atoms with Gasteiger partial charge in [0.1, 0.15) is 0 Å². The van der Waals surface area contributed by atoms with E-state index in [9.17, 15) is 8.78 Å². The first-order valence-electron chi connectivity index (χ1n) is 8.61. The molecule has 0 unspecified atom stereocenters. The van der Waals surface area contributed by atoms with E-state index in [2.05, 4.69) is 13.8 Å². The first-order chi connectivity index (χ1) is 12.0. The molecule has 0 spiro atoms. The van der Waals surface area contributed by atoms with E-state index < -0.39 is 11.6 Å². The molecule has 5 heteroatoms. The van der Waals surface area contributed by atoms with Crippen molar-refractivity contribution in [1.82, 2.24) is 0 Å². The number of ether oxygens (including phenoxy) is 2. The predicted octanol–water partition coefficient (Wildman–Crippen LogP) is 6.08. The van der Waals surface area contributed by atoms with Crippen molar-refractivity contribution in [2.75, 3.05) is 13.2 Å². The monoisotopic (exact) mass is 348 g/mol. The summed E-state index contributed by atoms with van der Waals surface area (Å²) in [5, 5.41) is 1.03. The van der Waals surface area contributed by atoms with Gasteiger partial charge in [0.25, 0.3) is 0 Å². The third-order valence-corrected chi connectivity index (χ3v) is 4.10. The van der Waals surface area contributed by atoms with Gasteiger partial charge >= 0.3 is 0 Å². The second-order valence-corrected chi connectivity index (χ2v) is 6.43. The molecular formula is C20H22F2O3. The Bertz CT molecular complexity index is 884. The van der Waals surface area contributed by atoms with E-state index in [-0.39, 0.29) is 22.7 Å². The highest BCUT2D eigenvalue weighted by molar-refractivity contribution is 6.06. The Balaban J connectivity index is 1.95. The summed E-state index contributed by atoms with van der Waals surface area (Å²) in [5.74, 6) is -0.417. The Morgan fingerprint density at radius 3 is 2.00 bits per heavy atom. The van der Waals surface area contributed by atoms with E-state index in [0.717, 1.165) is 12.8 Å². The average Bonchev–Trinajstić information content (AvgIpc) is 2.96. The highest BCUT2D eigenvalue weighted by atomic mass is 19.1. The molecular weight excluding hydrogens is 326 g/mol. The molecule has 0 aliphatic carbocycles. The quantitative estimate of drug-likeness (QED) is 0.485. The van der Waals surface area contributed by atoms with Crippen molar-refractivity contribution in [2.24, 2.45) is 5.92 Å². The van der Waals surface area contributed by atoms with Crippen LogP contribution in [0.25, 0.3) is 21.9 Å². The Kier molecular flexibility index (Phi) is 5.11. The Morgan fingerprint density at radius 2 is 1.48 bits per heavy atom. The van der Waals surface area contributed by atoms with Gasteiger partial charge in [-0.3, -0.25) is 0 Å². The Morgan fingerprint density at radius 1 is 0.920 bits per heavy atom. The van der Waals surface area contributed by atoms with Crippen LogP contribution >= 0.6 is 0 Å². The highest BCUT2D eigenvalue weighted by Gasteiger charge is 2.20. The number of hydrogen-bond donors (Lipinski definition) is 0. The summed E-state index contributed by atoms with van der Waals surface area (Å²) in [6.45, 7) is 6.80. The molecule has 0 N–H and O–H groups in total. The summed E-state index contributed by atoms with van der Waals surface area (Å²) >= 11 is 0. The minimum Gasteiger partial charge on any atom is -0.491 e. The van der Waals surface area contributed by atoms with Crippen LogP contribution in [-0.2, 0) is 0 Å². The van der Waals surface area contributed by atoms with E-state index in [1.165, 1.54) is 6.07 Å². The largest absolute Gasteiger partial charge is 0.491 e. The minimum absolute atomic E-state index is 0.00296.